The molecule has 0 bridgehead atoms. The molecule has 0 aliphatic heterocycles. The monoisotopic (exact) mass is 369 g/mol. The zero-order chi connectivity index (χ0) is 16.3. The molecule has 0 saturated heterocycles. The van der Waals surface area contributed by atoms with Gasteiger partial charge in [-0.05, 0) is 34.1 Å². The van der Waals surface area contributed by atoms with Gasteiger partial charge in [0.15, 0.2) is 0 Å². The van der Waals surface area contributed by atoms with Crippen molar-refractivity contribution in [1.82, 2.24) is 9.78 Å². The van der Waals surface area contributed by atoms with Crippen LogP contribution in [0.5, 0.6) is 0 Å². The van der Waals surface area contributed by atoms with E-state index in [1.54, 1.807) is 0 Å². The molecule has 1 aromatic carbocycles. The zero-order valence-corrected chi connectivity index (χ0v) is 13.5. The second-order valence-electron chi connectivity index (χ2n) is 4.45. The van der Waals surface area contributed by atoms with Gasteiger partial charge in [-0.1, -0.05) is 0 Å². The van der Waals surface area contributed by atoms with Crippen molar-refractivity contribution in [1.29, 1.82) is 0 Å². The second kappa shape index (κ2) is 6.69. The SMILES string of the molecule is COC(=O)c1ccc(F)c(CNc2cnn(C)c(=O)c2Br)c1. The van der Waals surface area contributed by atoms with Gasteiger partial charge in [0.1, 0.15) is 10.3 Å². The van der Waals surface area contributed by atoms with Crippen LogP contribution < -0.4 is 10.9 Å². The Hall–Kier alpha value is -2.22. The molecule has 0 aliphatic carbocycles. The Balaban J connectivity index is 2.23. The fourth-order valence-electron chi connectivity index (χ4n) is 1.78. The molecule has 0 radical (unpaired) electrons. The van der Waals surface area contributed by atoms with Crippen LogP contribution in [0.1, 0.15) is 15.9 Å². The Labute approximate surface area is 134 Å². The number of hydrogen-bond acceptors (Lipinski definition) is 5. The number of anilines is 1. The van der Waals surface area contributed by atoms with Gasteiger partial charge in [0, 0.05) is 19.2 Å². The lowest BCUT2D eigenvalue weighted by Gasteiger charge is -2.10. The largest absolute Gasteiger partial charge is 0.465 e. The minimum Gasteiger partial charge on any atom is -0.465 e. The first kappa shape index (κ1) is 16.2. The number of carbonyl (C=O) groups excluding carboxylic acids is 1. The normalized spacial score (nSPS) is 10.4. The van der Waals surface area contributed by atoms with Gasteiger partial charge in [0.25, 0.3) is 5.56 Å². The summed E-state index contributed by atoms with van der Waals surface area (Å²) in [6.45, 7) is 0.0874. The zero-order valence-electron chi connectivity index (χ0n) is 11.9. The maximum atomic E-state index is 13.8. The number of hydrogen-bond donors (Lipinski definition) is 1. The molecule has 0 amide bonds. The summed E-state index contributed by atoms with van der Waals surface area (Å²) in [5, 5.41) is 6.78. The van der Waals surface area contributed by atoms with E-state index in [4.69, 9.17) is 0 Å². The predicted octanol–water partition coefficient (Wildman–Crippen LogP) is 2.08. The smallest absolute Gasteiger partial charge is 0.337 e. The van der Waals surface area contributed by atoms with Crippen LogP contribution in [0.4, 0.5) is 10.1 Å². The summed E-state index contributed by atoms with van der Waals surface area (Å²) in [6.07, 6.45) is 1.45. The van der Waals surface area contributed by atoms with Crippen molar-refractivity contribution in [2.45, 2.75) is 6.54 Å². The molecule has 1 aromatic heterocycles. The topological polar surface area (TPSA) is 73.2 Å². The Bertz CT molecular complexity index is 776. The number of benzene rings is 1. The Morgan fingerprint density at radius 3 is 2.91 bits per heavy atom. The first-order valence-electron chi connectivity index (χ1n) is 6.26. The number of esters is 1. The van der Waals surface area contributed by atoms with E-state index in [0.29, 0.717) is 10.2 Å². The van der Waals surface area contributed by atoms with Crippen LogP contribution in [0.25, 0.3) is 0 Å². The van der Waals surface area contributed by atoms with Crippen molar-refractivity contribution >= 4 is 27.6 Å². The standard InChI is InChI=1S/C14H13BrFN3O3/c1-19-13(20)12(15)11(7-18-19)17-6-9-5-8(14(21)22-2)3-4-10(9)16/h3-5,7,17H,6H2,1-2H3. The van der Waals surface area contributed by atoms with E-state index in [0.717, 1.165) is 0 Å². The van der Waals surface area contributed by atoms with Gasteiger partial charge >= 0.3 is 5.97 Å². The highest BCUT2D eigenvalue weighted by atomic mass is 79.9. The molecule has 22 heavy (non-hydrogen) atoms. The lowest BCUT2D eigenvalue weighted by atomic mass is 10.1. The van der Waals surface area contributed by atoms with E-state index < -0.39 is 11.8 Å². The van der Waals surface area contributed by atoms with E-state index in [2.05, 4.69) is 31.1 Å². The third-order valence-corrected chi connectivity index (χ3v) is 3.78. The molecular weight excluding hydrogens is 357 g/mol. The van der Waals surface area contributed by atoms with Gasteiger partial charge in [-0.15, -0.1) is 0 Å². The summed E-state index contributed by atoms with van der Waals surface area (Å²) in [5.41, 5.74) is 0.650. The summed E-state index contributed by atoms with van der Waals surface area (Å²) < 4.78 is 19.9. The summed E-state index contributed by atoms with van der Waals surface area (Å²) >= 11 is 3.17. The Morgan fingerprint density at radius 2 is 2.23 bits per heavy atom. The molecule has 2 rings (SSSR count). The average Bonchev–Trinajstić information content (AvgIpc) is 2.52. The predicted molar refractivity (Wildman–Crippen MR) is 82.2 cm³/mol. The van der Waals surface area contributed by atoms with Crippen molar-refractivity contribution in [2.24, 2.45) is 7.05 Å². The fourth-order valence-corrected chi connectivity index (χ4v) is 2.28. The van der Waals surface area contributed by atoms with Crippen molar-refractivity contribution in [3.63, 3.8) is 0 Å². The number of aryl methyl sites for hydroxylation is 1. The van der Waals surface area contributed by atoms with Crippen LogP contribution >= 0.6 is 15.9 Å². The quantitative estimate of drug-likeness (QED) is 0.835. The third-order valence-electron chi connectivity index (χ3n) is 3.01. The number of carbonyl (C=O) groups is 1. The highest BCUT2D eigenvalue weighted by molar-refractivity contribution is 9.10. The molecule has 0 atom stereocenters. The van der Waals surface area contributed by atoms with E-state index in [9.17, 15) is 14.0 Å². The molecular formula is C14H13BrFN3O3. The lowest BCUT2D eigenvalue weighted by Crippen LogP contribution is -2.21. The van der Waals surface area contributed by atoms with Gasteiger partial charge in [0.05, 0.1) is 24.6 Å². The fraction of sp³-hybridized carbons (Fsp3) is 0.214. The number of nitrogens with zero attached hydrogens (tertiary/aromatic N) is 2. The van der Waals surface area contributed by atoms with E-state index in [1.807, 2.05) is 0 Å². The Kier molecular flexibility index (Phi) is 4.92. The molecule has 6 nitrogen and oxygen atoms in total. The van der Waals surface area contributed by atoms with Crippen molar-refractivity contribution in [3.8, 4) is 0 Å². The molecule has 0 unspecified atom stereocenters. The van der Waals surface area contributed by atoms with Crippen LogP contribution in [0, 0.1) is 5.82 Å². The molecule has 0 spiro atoms. The van der Waals surface area contributed by atoms with E-state index >= 15 is 0 Å². The maximum Gasteiger partial charge on any atom is 0.337 e. The van der Waals surface area contributed by atoms with Gasteiger partial charge in [0.2, 0.25) is 0 Å². The number of nitrogens with one attached hydrogen (secondary N) is 1. The molecule has 1 heterocycles. The third kappa shape index (κ3) is 3.33. The number of methoxy groups -OCH3 is 1. The lowest BCUT2D eigenvalue weighted by molar-refractivity contribution is 0.0600. The first-order chi connectivity index (χ1) is 10.4. The molecule has 0 aliphatic rings. The Morgan fingerprint density at radius 1 is 1.50 bits per heavy atom. The summed E-state index contributed by atoms with van der Waals surface area (Å²) in [5.74, 6) is -1.01. The molecule has 116 valence electrons. The molecule has 0 saturated carbocycles. The molecule has 2 aromatic rings. The van der Waals surface area contributed by atoms with E-state index in [-0.39, 0.29) is 23.2 Å². The van der Waals surface area contributed by atoms with Gasteiger partial charge < -0.3 is 10.1 Å². The van der Waals surface area contributed by atoms with Crippen molar-refractivity contribution in [2.75, 3.05) is 12.4 Å². The number of halogens is 2. The van der Waals surface area contributed by atoms with Crippen molar-refractivity contribution < 1.29 is 13.9 Å². The highest BCUT2D eigenvalue weighted by Crippen LogP contribution is 2.18. The molecule has 0 fully saturated rings. The summed E-state index contributed by atoms with van der Waals surface area (Å²) in [6, 6.07) is 3.94. The van der Waals surface area contributed by atoms with Gasteiger partial charge in [-0.2, -0.15) is 5.10 Å². The highest BCUT2D eigenvalue weighted by Gasteiger charge is 2.11. The number of rotatable bonds is 4. The summed E-state index contributed by atoms with van der Waals surface area (Å²) in [7, 11) is 2.78. The average molecular weight is 370 g/mol. The molecule has 1 N–H and O–H groups in total. The van der Waals surface area contributed by atoms with Gasteiger partial charge in [-0.3, -0.25) is 4.79 Å². The van der Waals surface area contributed by atoms with Crippen LogP contribution in [-0.4, -0.2) is 22.9 Å². The first-order valence-corrected chi connectivity index (χ1v) is 7.05. The van der Waals surface area contributed by atoms with E-state index in [1.165, 1.54) is 43.2 Å². The van der Waals surface area contributed by atoms with Gasteiger partial charge in [-0.25, -0.2) is 13.9 Å². The van der Waals surface area contributed by atoms with Crippen LogP contribution in [0.2, 0.25) is 0 Å². The van der Waals surface area contributed by atoms with Crippen LogP contribution in [0.3, 0.4) is 0 Å². The second-order valence-corrected chi connectivity index (χ2v) is 5.25. The van der Waals surface area contributed by atoms with Crippen LogP contribution in [0.15, 0.2) is 33.7 Å². The van der Waals surface area contributed by atoms with Crippen molar-refractivity contribution in [3.05, 3.63) is 56.2 Å². The number of ether oxygens (including phenoxy) is 1. The minimum absolute atomic E-state index is 0.0874. The minimum atomic E-state index is -0.544. The number of aromatic nitrogens is 2. The maximum absolute atomic E-state index is 13.8. The molecule has 8 heteroatoms. The van der Waals surface area contributed by atoms with Crippen LogP contribution in [-0.2, 0) is 18.3 Å². The summed E-state index contributed by atoms with van der Waals surface area (Å²) in [4.78, 5) is 23.2.